The highest BCUT2D eigenvalue weighted by Gasteiger charge is 2.16. The normalized spacial score (nSPS) is 10.1. The van der Waals surface area contributed by atoms with Crippen LogP contribution in [0.3, 0.4) is 0 Å². The Morgan fingerprint density at radius 3 is 2.70 bits per heavy atom. The number of carbonyl (C=O) groups excluding carboxylic acids is 2. The highest BCUT2D eigenvalue weighted by molar-refractivity contribution is 5.94. The first kappa shape index (κ1) is 22.4. The van der Waals surface area contributed by atoms with Gasteiger partial charge in [0.2, 0.25) is 5.91 Å². The van der Waals surface area contributed by atoms with Gasteiger partial charge in [0.25, 0.3) is 11.6 Å². The lowest BCUT2D eigenvalue weighted by atomic mass is 10.1. The fourth-order valence-corrected chi connectivity index (χ4v) is 2.59. The van der Waals surface area contributed by atoms with Crippen LogP contribution < -0.4 is 14.8 Å². The number of methoxy groups -OCH3 is 1. The number of likely N-dealkylation sites (N-methyl/N-ethyl adjacent to an activating group) is 1. The molecule has 0 unspecified atom stereocenters. The summed E-state index contributed by atoms with van der Waals surface area (Å²) in [6, 6.07) is 11.0. The number of ether oxygens (including phenoxy) is 2. The van der Waals surface area contributed by atoms with Gasteiger partial charge < -0.3 is 19.7 Å². The van der Waals surface area contributed by atoms with Crippen LogP contribution in [0.4, 0.5) is 11.4 Å². The lowest BCUT2D eigenvalue weighted by Gasteiger charge is -2.18. The minimum absolute atomic E-state index is 0.0724. The monoisotopic (exact) mass is 413 g/mol. The van der Waals surface area contributed by atoms with Gasteiger partial charge in [-0.15, -0.1) is 6.58 Å². The summed E-state index contributed by atoms with van der Waals surface area (Å²) in [5, 5.41) is 13.6. The Balaban J connectivity index is 1.93. The Kier molecular flexibility index (Phi) is 7.92. The fourth-order valence-electron chi connectivity index (χ4n) is 2.59. The summed E-state index contributed by atoms with van der Waals surface area (Å²) in [7, 11) is 3.01. The van der Waals surface area contributed by atoms with Crippen LogP contribution in [-0.4, -0.2) is 48.9 Å². The van der Waals surface area contributed by atoms with E-state index in [2.05, 4.69) is 11.9 Å². The maximum Gasteiger partial charge on any atom is 0.269 e. The highest BCUT2D eigenvalue weighted by Crippen LogP contribution is 2.25. The second-order valence-electron chi connectivity index (χ2n) is 6.36. The molecule has 0 saturated carbocycles. The molecule has 0 aliphatic heterocycles. The standard InChI is InChI=1S/C21H23N3O6/c1-4-6-15-11-17(24(27)28)9-10-19(15)30-14-21(26)23(2)13-20(25)22-16-7-5-8-18(12-16)29-3/h4-5,7-12H,1,6,13-14H2,2-3H3,(H,22,25). The van der Waals surface area contributed by atoms with Crippen molar-refractivity contribution in [2.45, 2.75) is 6.42 Å². The average Bonchev–Trinajstić information content (AvgIpc) is 2.72. The molecule has 0 atom stereocenters. The van der Waals surface area contributed by atoms with Crippen molar-refractivity contribution >= 4 is 23.2 Å². The number of amides is 2. The lowest BCUT2D eigenvalue weighted by molar-refractivity contribution is -0.384. The van der Waals surface area contributed by atoms with E-state index in [-0.39, 0.29) is 24.7 Å². The molecule has 0 radical (unpaired) electrons. The number of carbonyl (C=O) groups is 2. The summed E-state index contributed by atoms with van der Waals surface area (Å²) in [4.78, 5) is 36.2. The number of nitro groups is 1. The number of non-ortho nitro benzene ring substituents is 1. The SMILES string of the molecule is C=CCc1cc([N+](=O)[O-])ccc1OCC(=O)N(C)CC(=O)Nc1cccc(OC)c1. The van der Waals surface area contributed by atoms with Crippen LogP contribution in [-0.2, 0) is 16.0 Å². The topological polar surface area (TPSA) is 111 Å². The molecule has 0 fully saturated rings. The van der Waals surface area contributed by atoms with Crippen LogP contribution in [0.5, 0.6) is 11.5 Å². The third-order valence-electron chi connectivity index (χ3n) is 4.13. The van der Waals surface area contributed by atoms with E-state index in [1.54, 1.807) is 30.3 Å². The largest absolute Gasteiger partial charge is 0.497 e. The van der Waals surface area contributed by atoms with E-state index in [1.165, 1.54) is 37.3 Å². The van der Waals surface area contributed by atoms with E-state index in [0.29, 0.717) is 29.2 Å². The van der Waals surface area contributed by atoms with Gasteiger partial charge in [-0.1, -0.05) is 12.1 Å². The van der Waals surface area contributed by atoms with Crippen molar-refractivity contribution in [2.24, 2.45) is 0 Å². The molecule has 1 N–H and O–H groups in total. The van der Waals surface area contributed by atoms with Gasteiger partial charge in [-0.05, 0) is 24.6 Å². The van der Waals surface area contributed by atoms with Gasteiger partial charge in [0.05, 0.1) is 18.6 Å². The van der Waals surface area contributed by atoms with Gasteiger partial charge in [-0.25, -0.2) is 0 Å². The van der Waals surface area contributed by atoms with E-state index in [9.17, 15) is 19.7 Å². The third kappa shape index (κ3) is 6.33. The van der Waals surface area contributed by atoms with E-state index >= 15 is 0 Å². The highest BCUT2D eigenvalue weighted by atomic mass is 16.6. The van der Waals surface area contributed by atoms with Crippen molar-refractivity contribution in [2.75, 3.05) is 32.6 Å². The molecule has 158 valence electrons. The van der Waals surface area contributed by atoms with E-state index in [0.717, 1.165) is 0 Å². The van der Waals surface area contributed by atoms with Gasteiger partial charge in [-0.2, -0.15) is 0 Å². The van der Waals surface area contributed by atoms with Crippen LogP contribution in [0.1, 0.15) is 5.56 Å². The zero-order chi connectivity index (χ0) is 22.1. The molecule has 0 aromatic heterocycles. The molecule has 2 aromatic carbocycles. The quantitative estimate of drug-likeness (QED) is 0.364. The first-order valence-corrected chi connectivity index (χ1v) is 9.03. The summed E-state index contributed by atoms with van der Waals surface area (Å²) in [5.74, 6) is 0.160. The lowest BCUT2D eigenvalue weighted by Crippen LogP contribution is -2.37. The Hall–Kier alpha value is -3.88. The number of nitro benzene ring substituents is 1. The number of rotatable bonds is 10. The number of anilines is 1. The van der Waals surface area contributed by atoms with Gasteiger partial charge >= 0.3 is 0 Å². The molecule has 0 spiro atoms. The minimum Gasteiger partial charge on any atom is -0.497 e. The maximum absolute atomic E-state index is 12.3. The summed E-state index contributed by atoms with van der Waals surface area (Å²) >= 11 is 0. The van der Waals surface area contributed by atoms with Gasteiger partial charge in [0.15, 0.2) is 6.61 Å². The van der Waals surface area contributed by atoms with Gasteiger partial charge in [0.1, 0.15) is 11.5 Å². The van der Waals surface area contributed by atoms with E-state index < -0.39 is 10.8 Å². The van der Waals surface area contributed by atoms with Crippen molar-refractivity contribution in [1.82, 2.24) is 4.90 Å². The Morgan fingerprint density at radius 2 is 2.03 bits per heavy atom. The summed E-state index contributed by atoms with van der Waals surface area (Å²) < 4.78 is 10.6. The predicted octanol–water partition coefficient (Wildman–Crippen LogP) is 2.81. The van der Waals surface area contributed by atoms with Crippen LogP contribution in [0.25, 0.3) is 0 Å². The molecule has 2 aromatic rings. The van der Waals surface area contributed by atoms with Crippen molar-refractivity contribution < 1.29 is 24.0 Å². The molecule has 9 nitrogen and oxygen atoms in total. The van der Waals surface area contributed by atoms with Crippen LogP contribution in [0.15, 0.2) is 55.1 Å². The van der Waals surface area contributed by atoms with Crippen molar-refractivity contribution in [3.05, 3.63) is 70.8 Å². The summed E-state index contributed by atoms with van der Waals surface area (Å²) in [6.07, 6.45) is 1.94. The molecule has 2 amide bonds. The molecule has 2 rings (SSSR count). The second kappa shape index (κ2) is 10.6. The molecule has 0 heterocycles. The fraction of sp³-hybridized carbons (Fsp3) is 0.238. The summed E-state index contributed by atoms with van der Waals surface area (Å²) in [5.41, 5.74) is 1.03. The third-order valence-corrected chi connectivity index (χ3v) is 4.13. The molecule has 0 aliphatic carbocycles. The number of nitrogens with zero attached hydrogens (tertiary/aromatic N) is 2. The number of nitrogens with one attached hydrogen (secondary N) is 1. The molecular formula is C21H23N3O6. The van der Waals surface area contributed by atoms with E-state index in [4.69, 9.17) is 9.47 Å². The van der Waals surface area contributed by atoms with Crippen LogP contribution in [0, 0.1) is 10.1 Å². The van der Waals surface area contributed by atoms with Crippen LogP contribution >= 0.6 is 0 Å². The zero-order valence-corrected chi connectivity index (χ0v) is 16.8. The number of benzene rings is 2. The molecule has 9 heteroatoms. The second-order valence-corrected chi connectivity index (χ2v) is 6.36. The molecule has 30 heavy (non-hydrogen) atoms. The zero-order valence-electron chi connectivity index (χ0n) is 16.8. The first-order valence-electron chi connectivity index (χ1n) is 9.03. The molecule has 0 bridgehead atoms. The minimum atomic E-state index is -0.504. The molecule has 0 saturated heterocycles. The van der Waals surface area contributed by atoms with Gasteiger partial charge in [0, 0.05) is 36.5 Å². The molecule has 0 aliphatic rings. The number of allylic oxidation sites excluding steroid dienone is 1. The van der Waals surface area contributed by atoms with Crippen molar-refractivity contribution in [3.8, 4) is 11.5 Å². The van der Waals surface area contributed by atoms with Crippen LogP contribution in [0.2, 0.25) is 0 Å². The average molecular weight is 413 g/mol. The maximum atomic E-state index is 12.3. The summed E-state index contributed by atoms with van der Waals surface area (Å²) in [6.45, 7) is 3.14. The van der Waals surface area contributed by atoms with E-state index in [1.807, 2.05) is 0 Å². The Labute approximate surface area is 174 Å². The number of hydrogen-bond acceptors (Lipinski definition) is 6. The Bertz CT molecular complexity index is 944. The van der Waals surface area contributed by atoms with Gasteiger partial charge in [-0.3, -0.25) is 19.7 Å². The molecular weight excluding hydrogens is 390 g/mol. The Morgan fingerprint density at radius 1 is 1.27 bits per heavy atom. The van der Waals surface area contributed by atoms with Crippen molar-refractivity contribution in [1.29, 1.82) is 0 Å². The van der Waals surface area contributed by atoms with Crippen molar-refractivity contribution in [3.63, 3.8) is 0 Å². The first-order chi connectivity index (χ1) is 14.3. The predicted molar refractivity (Wildman–Crippen MR) is 112 cm³/mol. The smallest absolute Gasteiger partial charge is 0.269 e. The number of hydrogen-bond donors (Lipinski definition) is 1.